The van der Waals surface area contributed by atoms with Crippen LogP contribution in [0.4, 0.5) is 5.69 Å². The summed E-state index contributed by atoms with van der Waals surface area (Å²) in [6, 6.07) is 13.0. The van der Waals surface area contributed by atoms with Crippen LogP contribution in [-0.4, -0.2) is 21.2 Å². The van der Waals surface area contributed by atoms with Crippen LogP contribution >= 0.6 is 23.4 Å². The zero-order valence-electron chi connectivity index (χ0n) is 17.6. The molecule has 6 nitrogen and oxygen atoms in total. The van der Waals surface area contributed by atoms with Crippen LogP contribution in [0.5, 0.6) is 0 Å². The standard InChI is InChI=1S/C24H22ClN3O3S/c1-14-10-11-15(12-18(14)25)26-20(29)13-32-24-27-21-17-8-4-5-9-19(17)31-22(21)23(30)28(24)16-6-2-3-7-16/h4-5,8-12,16H,2-3,6-7,13H2,1H3,(H,26,29). The van der Waals surface area contributed by atoms with E-state index in [0.29, 0.717) is 27.0 Å². The van der Waals surface area contributed by atoms with E-state index < -0.39 is 0 Å². The number of fused-ring (bicyclic) bond motifs is 3. The number of carbonyl (C=O) groups excluding carboxylic acids is 1. The van der Waals surface area contributed by atoms with Gasteiger partial charge in [-0.25, -0.2) is 4.98 Å². The summed E-state index contributed by atoms with van der Waals surface area (Å²) in [4.78, 5) is 30.8. The van der Waals surface area contributed by atoms with Crippen molar-refractivity contribution in [1.29, 1.82) is 0 Å². The molecule has 2 aromatic heterocycles. The molecule has 0 aliphatic heterocycles. The van der Waals surface area contributed by atoms with Gasteiger partial charge < -0.3 is 9.73 Å². The zero-order chi connectivity index (χ0) is 22.2. The van der Waals surface area contributed by atoms with Gasteiger partial charge in [0.25, 0.3) is 5.56 Å². The van der Waals surface area contributed by atoms with E-state index in [2.05, 4.69) is 5.32 Å². The number of para-hydroxylation sites is 1. The lowest BCUT2D eigenvalue weighted by Gasteiger charge is -2.17. The molecule has 5 rings (SSSR count). The molecule has 0 atom stereocenters. The second-order valence-electron chi connectivity index (χ2n) is 8.08. The minimum absolute atomic E-state index is 0.0779. The van der Waals surface area contributed by atoms with E-state index in [9.17, 15) is 9.59 Å². The number of furan rings is 1. The molecule has 1 aliphatic carbocycles. The highest BCUT2D eigenvalue weighted by Crippen LogP contribution is 2.34. The molecule has 2 aromatic carbocycles. The lowest BCUT2D eigenvalue weighted by atomic mass is 10.2. The molecular formula is C24H22ClN3O3S. The zero-order valence-corrected chi connectivity index (χ0v) is 19.1. The van der Waals surface area contributed by atoms with Crippen molar-refractivity contribution in [2.75, 3.05) is 11.1 Å². The van der Waals surface area contributed by atoms with Crippen LogP contribution in [0.25, 0.3) is 22.1 Å². The van der Waals surface area contributed by atoms with Crippen LogP contribution < -0.4 is 10.9 Å². The Labute approximate surface area is 194 Å². The second-order valence-corrected chi connectivity index (χ2v) is 9.43. The van der Waals surface area contributed by atoms with E-state index in [-0.39, 0.29) is 28.8 Å². The van der Waals surface area contributed by atoms with Gasteiger partial charge in [0, 0.05) is 22.1 Å². The van der Waals surface area contributed by atoms with Crippen LogP contribution in [0, 0.1) is 6.92 Å². The van der Waals surface area contributed by atoms with Gasteiger partial charge in [0.1, 0.15) is 11.1 Å². The smallest absolute Gasteiger partial charge is 0.298 e. The molecule has 2 heterocycles. The summed E-state index contributed by atoms with van der Waals surface area (Å²) in [6.45, 7) is 1.91. The van der Waals surface area contributed by atoms with Crippen molar-refractivity contribution in [3.8, 4) is 0 Å². The Morgan fingerprint density at radius 3 is 2.81 bits per heavy atom. The Balaban J connectivity index is 1.48. The van der Waals surface area contributed by atoms with Gasteiger partial charge in [-0.15, -0.1) is 0 Å². The number of nitrogens with zero attached hydrogens (tertiary/aromatic N) is 2. The molecule has 0 bridgehead atoms. The molecule has 0 radical (unpaired) electrons. The van der Waals surface area contributed by atoms with Crippen molar-refractivity contribution < 1.29 is 9.21 Å². The van der Waals surface area contributed by atoms with Crippen LogP contribution in [0.15, 0.2) is 56.8 Å². The Bertz CT molecular complexity index is 1390. The van der Waals surface area contributed by atoms with Gasteiger partial charge in [-0.05, 0) is 49.6 Å². The summed E-state index contributed by atoms with van der Waals surface area (Å²) in [5.74, 6) is -0.0503. The number of amides is 1. The third-order valence-corrected chi connectivity index (χ3v) is 7.23. The Morgan fingerprint density at radius 2 is 2.03 bits per heavy atom. The molecule has 1 N–H and O–H groups in total. The van der Waals surface area contributed by atoms with Crippen molar-refractivity contribution in [2.24, 2.45) is 0 Å². The molecule has 4 aromatic rings. The molecular weight excluding hydrogens is 446 g/mol. The first-order chi connectivity index (χ1) is 15.5. The second kappa shape index (κ2) is 8.64. The lowest BCUT2D eigenvalue weighted by Crippen LogP contribution is -2.26. The molecule has 0 saturated heterocycles. The predicted molar refractivity (Wildman–Crippen MR) is 129 cm³/mol. The fourth-order valence-corrected chi connectivity index (χ4v) is 5.26. The van der Waals surface area contributed by atoms with E-state index in [1.807, 2.05) is 43.3 Å². The number of aromatic nitrogens is 2. The van der Waals surface area contributed by atoms with Crippen LogP contribution in [0.3, 0.4) is 0 Å². The number of hydrogen-bond acceptors (Lipinski definition) is 5. The minimum atomic E-state index is -0.181. The highest BCUT2D eigenvalue weighted by atomic mass is 35.5. The first-order valence-electron chi connectivity index (χ1n) is 10.6. The van der Waals surface area contributed by atoms with E-state index >= 15 is 0 Å². The molecule has 32 heavy (non-hydrogen) atoms. The minimum Gasteiger partial charge on any atom is -0.448 e. The summed E-state index contributed by atoms with van der Waals surface area (Å²) in [5, 5.41) is 4.83. The maximum Gasteiger partial charge on any atom is 0.298 e. The van der Waals surface area contributed by atoms with Crippen LogP contribution in [0.1, 0.15) is 37.3 Å². The largest absolute Gasteiger partial charge is 0.448 e. The van der Waals surface area contributed by atoms with Crippen molar-refractivity contribution >= 4 is 57.0 Å². The van der Waals surface area contributed by atoms with Crippen LogP contribution in [-0.2, 0) is 4.79 Å². The molecule has 1 aliphatic rings. The monoisotopic (exact) mass is 467 g/mol. The van der Waals surface area contributed by atoms with E-state index in [0.717, 1.165) is 36.6 Å². The third-order valence-electron chi connectivity index (χ3n) is 5.87. The molecule has 164 valence electrons. The number of thioether (sulfide) groups is 1. The van der Waals surface area contributed by atoms with Crippen molar-refractivity contribution in [2.45, 2.75) is 43.8 Å². The first kappa shape index (κ1) is 21.1. The van der Waals surface area contributed by atoms with Gasteiger partial charge in [-0.2, -0.15) is 0 Å². The summed E-state index contributed by atoms with van der Waals surface area (Å²) in [6.07, 6.45) is 4.01. The maximum atomic E-state index is 13.4. The molecule has 0 spiro atoms. The van der Waals surface area contributed by atoms with Gasteiger partial charge in [-0.3, -0.25) is 14.2 Å². The fourth-order valence-electron chi connectivity index (χ4n) is 4.22. The van der Waals surface area contributed by atoms with E-state index in [4.69, 9.17) is 21.0 Å². The Morgan fingerprint density at radius 1 is 1.25 bits per heavy atom. The van der Waals surface area contributed by atoms with Gasteiger partial charge >= 0.3 is 0 Å². The molecule has 0 unspecified atom stereocenters. The number of halogens is 1. The molecule has 1 amide bonds. The van der Waals surface area contributed by atoms with Gasteiger partial charge in [0.2, 0.25) is 11.5 Å². The fraction of sp³-hybridized carbons (Fsp3) is 0.292. The van der Waals surface area contributed by atoms with Crippen molar-refractivity contribution in [1.82, 2.24) is 9.55 Å². The lowest BCUT2D eigenvalue weighted by molar-refractivity contribution is -0.113. The van der Waals surface area contributed by atoms with Crippen molar-refractivity contribution in [3.63, 3.8) is 0 Å². The van der Waals surface area contributed by atoms with Gasteiger partial charge in [0.05, 0.1) is 5.75 Å². The summed E-state index contributed by atoms with van der Waals surface area (Å²) in [5.41, 5.74) is 2.88. The number of hydrogen-bond donors (Lipinski definition) is 1. The highest BCUT2D eigenvalue weighted by molar-refractivity contribution is 7.99. The SMILES string of the molecule is Cc1ccc(NC(=O)CSc2nc3c(oc4ccccc43)c(=O)n2C2CCCC2)cc1Cl. The number of benzene rings is 2. The normalized spacial score (nSPS) is 14.4. The van der Waals surface area contributed by atoms with Gasteiger partial charge in [-0.1, -0.05) is 54.4 Å². The number of aryl methyl sites for hydroxylation is 1. The first-order valence-corrected chi connectivity index (χ1v) is 12.0. The van der Waals surface area contributed by atoms with E-state index in [1.54, 1.807) is 10.6 Å². The average molecular weight is 468 g/mol. The third kappa shape index (κ3) is 3.91. The van der Waals surface area contributed by atoms with Crippen LogP contribution in [0.2, 0.25) is 5.02 Å². The predicted octanol–water partition coefficient (Wildman–Crippen LogP) is 5.95. The summed E-state index contributed by atoms with van der Waals surface area (Å²) in [7, 11) is 0. The van der Waals surface area contributed by atoms with Crippen molar-refractivity contribution in [3.05, 3.63) is 63.4 Å². The number of nitrogens with one attached hydrogen (secondary N) is 1. The Kier molecular flexibility index (Phi) is 5.69. The number of anilines is 1. The molecule has 8 heteroatoms. The van der Waals surface area contributed by atoms with Gasteiger partial charge in [0.15, 0.2) is 5.16 Å². The summed E-state index contributed by atoms with van der Waals surface area (Å²) >= 11 is 7.43. The number of rotatable bonds is 5. The maximum absolute atomic E-state index is 13.4. The molecule has 1 saturated carbocycles. The summed E-state index contributed by atoms with van der Waals surface area (Å²) < 4.78 is 7.60. The quantitative estimate of drug-likeness (QED) is 0.290. The van der Waals surface area contributed by atoms with E-state index in [1.165, 1.54) is 11.8 Å². The Hall–Kier alpha value is -2.77. The topological polar surface area (TPSA) is 77.1 Å². The number of carbonyl (C=O) groups is 1. The highest BCUT2D eigenvalue weighted by Gasteiger charge is 2.25. The molecule has 1 fully saturated rings. The average Bonchev–Trinajstić information content (AvgIpc) is 3.43.